The maximum Gasteiger partial charge on any atom is 0.287 e. The predicted molar refractivity (Wildman–Crippen MR) is 129 cm³/mol. The third-order valence-corrected chi connectivity index (χ3v) is 5.85. The molecule has 0 bridgehead atoms. The highest BCUT2D eigenvalue weighted by Gasteiger charge is 2.17. The third kappa shape index (κ3) is 5.19. The molecule has 1 N–H and O–H groups in total. The van der Waals surface area contributed by atoms with Gasteiger partial charge in [-0.3, -0.25) is 4.79 Å². The summed E-state index contributed by atoms with van der Waals surface area (Å²) in [5, 5.41) is 8.49. The molecule has 0 aliphatic rings. The number of para-hydroxylation sites is 1. The summed E-state index contributed by atoms with van der Waals surface area (Å²) in [6.07, 6.45) is 0. The van der Waals surface area contributed by atoms with Crippen LogP contribution in [0.15, 0.2) is 59.0 Å². The maximum absolute atomic E-state index is 12.6. The zero-order valence-corrected chi connectivity index (χ0v) is 20.1. The predicted octanol–water partition coefficient (Wildman–Crippen LogP) is 6.55. The van der Waals surface area contributed by atoms with Crippen LogP contribution < -0.4 is 10.1 Å². The van der Waals surface area contributed by atoms with Crippen molar-refractivity contribution in [3.05, 3.63) is 98.1 Å². The average molecular weight is 505 g/mol. The van der Waals surface area contributed by atoms with E-state index in [0.717, 1.165) is 22.6 Å². The molecule has 0 fully saturated rings. The number of furan rings is 1. The SMILES string of the molecule is Cc1nn(-c2ccccc2)c(C)c1CNC(=O)c1ccc(COc2c(Cl)cc(Cl)cc2Cl)o1. The number of carbonyl (C=O) groups is 1. The highest BCUT2D eigenvalue weighted by Crippen LogP contribution is 2.36. The van der Waals surface area contributed by atoms with Crippen molar-refractivity contribution in [1.82, 2.24) is 15.1 Å². The molecule has 4 aromatic rings. The van der Waals surface area contributed by atoms with Crippen LogP contribution in [-0.2, 0) is 13.2 Å². The van der Waals surface area contributed by atoms with Crippen LogP contribution in [0.25, 0.3) is 5.69 Å². The molecule has 33 heavy (non-hydrogen) atoms. The van der Waals surface area contributed by atoms with Crippen LogP contribution in [-0.4, -0.2) is 15.7 Å². The van der Waals surface area contributed by atoms with Crippen molar-refractivity contribution in [3.8, 4) is 11.4 Å². The number of benzene rings is 2. The molecule has 0 unspecified atom stereocenters. The molecule has 6 nitrogen and oxygen atoms in total. The summed E-state index contributed by atoms with van der Waals surface area (Å²) in [6, 6.07) is 16.2. The smallest absolute Gasteiger partial charge is 0.287 e. The van der Waals surface area contributed by atoms with Crippen molar-refractivity contribution >= 4 is 40.7 Å². The van der Waals surface area contributed by atoms with Gasteiger partial charge in [-0.25, -0.2) is 4.68 Å². The zero-order valence-electron chi connectivity index (χ0n) is 17.9. The highest BCUT2D eigenvalue weighted by molar-refractivity contribution is 6.40. The minimum absolute atomic E-state index is 0.0520. The first-order valence-corrected chi connectivity index (χ1v) is 11.2. The average Bonchev–Trinajstić information content (AvgIpc) is 3.36. The second-order valence-corrected chi connectivity index (χ2v) is 8.58. The molecule has 0 saturated carbocycles. The van der Waals surface area contributed by atoms with E-state index in [1.54, 1.807) is 12.1 Å². The number of hydrogen-bond acceptors (Lipinski definition) is 4. The van der Waals surface area contributed by atoms with E-state index in [1.165, 1.54) is 12.1 Å². The summed E-state index contributed by atoms with van der Waals surface area (Å²) in [7, 11) is 0. The van der Waals surface area contributed by atoms with Gasteiger partial charge in [0.25, 0.3) is 5.91 Å². The van der Waals surface area contributed by atoms with E-state index in [1.807, 2.05) is 48.9 Å². The standard InChI is InChI=1S/C24H20Cl3N3O3/c1-14-19(15(2)30(29-14)17-6-4-3-5-7-17)12-28-24(31)22-9-8-18(33-22)13-32-23-20(26)10-16(25)11-21(23)27/h3-11H,12-13H2,1-2H3,(H,28,31). The molecular formula is C24H20Cl3N3O3. The summed E-state index contributed by atoms with van der Waals surface area (Å²) < 4.78 is 13.1. The van der Waals surface area contributed by atoms with Gasteiger partial charge in [0, 0.05) is 22.8 Å². The summed E-state index contributed by atoms with van der Waals surface area (Å²) in [4.78, 5) is 12.6. The molecular weight excluding hydrogens is 485 g/mol. The van der Waals surface area contributed by atoms with Gasteiger partial charge in [-0.2, -0.15) is 5.10 Å². The number of nitrogens with zero attached hydrogens (tertiary/aromatic N) is 2. The van der Waals surface area contributed by atoms with Gasteiger partial charge in [0.1, 0.15) is 12.4 Å². The largest absolute Gasteiger partial charge is 0.483 e. The van der Waals surface area contributed by atoms with E-state index in [9.17, 15) is 4.79 Å². The number of aryl methyl sites for hydroxylation is 1. The van der Waals surface area contributed by atoms with Crippen molar-refractivity contribution in [2.45, 2.75) is 27.0 Å². The highest BCUT2D eigenvalue weighted by atomic mass is 35.5. The molecule has 170 valence electrons. The molecule has 0 spiro atoms. The molecule has 0 aliphatic carbocycles. The Kier molecular flexibility index (Phi) is 6.98. The van der Waals surface area contributed by atoms with Crippen LogP contribution in [0.1, 0.15) is 33.3 Å². The van der Waals surface area contributed by atoms with E-state index >= 15 is 0 Å². The number of aromatic nitrogens is 2. The summed E-state index contributed by atoms with van der Waals surface area (Å²) in [5.74, 6) is 0.584. The third-order valence-electron chi connectivity index (χ3n) is 5.07. The minimum atomic E-state index is -0.338. The van der Waals surface area contributed by atoms with Crippen LogP contribution >= 0.6 is 34.8 Å². The number of amides is 1. The topological polar surface area (TPSA) is 69.3 Å². The second kappa shape index (κ2) is 9.91. The number of carbonyl (C=O) groups excluding carboxylic acids is 1. The lowest BCUT2D eigenvalue weighted by Crippen LogP contribution is -2.23. The summed E-state index contributed by atoms with van der Waals surface area (Å²) in [5.41, 5.74) is 3.73. The lowest BCUT2D eigenvalue weighted by Gasteiger charge is -2.09. The van der Waals surface area contributed by atoms with E-state index < -0.39 is 0 Å². The minimum Gasteiger partial charge on any atom is -0.483 e. The van der Waals surface area contributed by atoms with Crippen LogP contribution in [0, 0.1) is 13.8 Å². The summed E-state index contributed by atoms with van der Waals surface area (Å²) >= 11 is 18.2. The lowest BCUT2D eigenvalue weighted by molar-refractivity contribution is 0.0919. The fourth-order valence-electron chi connectivity index (χ4n) is 3.39. The first kappa shape index (κ1) is 23.2. The maximum atomic E-state index is 12.6. The van der Waals surface area contributed by atoms with E-state index in [0.29, 0.717) is 33.1 Å². The zero-order chi connectivity index (χ0) is 23.5. The van der Waals surface area contributed by atoms with Gasteiger partial charge in [0.2, 0.25) is 0 Å². The Labute approximate surface area is 206 Å². The molecule has 2 heterocycles. The molecule has 0 atom stereocenters. The molecule has 2 aromatic carbocycles. The first-order valence-electron chi connectivity index (χ1n) is 10.1. The Balaban J connectivity index is 1.39. The quantitative estimate of drug-likeness (QED) is 0.310. The van der Waals surface area contributed by atoms with Gasteiger partial charge in [-0.05, 0) is 50.2 Å². The molecule has 1 amide bonds. The van der Waals surface area contributed by atoms with Crippen molar-refractivity contribution in [1.29, 1.82) is 0 Å². The van der Waals surface area contributed by atoms with Crippen LogP contribution in [0.2, 0.25) is 15.1 Å². The molecule has 2 aromatic heterocycles. The van der Waals surface area contributed by atoms with Crippen molar-refractivity contribution in [2.24, 2.45) is 0 Å². The van der Waals surface area contributed by atoms with Crippen LogP contribution in [0.5, 0.6) is 5.75 Å². The fourth-order valence-corrected chi connectivity index (χ4v) is 4.32. The van der Waals surface area contributed by atoms with Crippen molar-refractivity contribution in [3.63, 3.8) is 0 Å². The van der Waals surface area contributed by atoms with Crippen molar-refractivity contribution < 1.29 is 13.9 Å². The van der Waals surface area contributed by atoms with Gasteiger partial charge < -0.3 is 14.5 Å². The van der Waals surface area contributed by atoms with Gasteiger partial charge in [-0.1, -0.05) is 53.0 Å². The number of nitrogens with one attached hydrogen (secondary N) is 1. The summed E-state index contributed by atoms with van der Waals surface area (Å²) in [6.45, 7) is 4.27. The molecule has 4 rings (SSSR count). The molecule has 9 heteroatoms. The van der Waals surface area contributed by atoms with Gasteiger partial charge in [0.05, 0.1) is 21.4 Å². The normalized spacial score (nSPS) is 10.9. The first-order chi connectivity index (χ1) is 15.8. The second-order valence-electron chi connectivity index (χ2n) is 7.33. The number of rotatable bonds is 7. The Hall–Kier alpha value is -2.93. The Bertz CT molecular complexity index is 1280. The number of ether oxygens (including phenoxy) is 1. The van der Waals surface area contributed by atoms with Crippen molar-refractivity contribution in [2.75, 3.05) is 0 Å². The Morgan fingerprint density at radius 3 is 2.45 bits per heavy atom. The number of halogens is 3. The molecule has 0 radical (unpaired) electrons. The van der Waals surface area contributed by atoms with E-state index in [4.69, 9.17) is 44.0 Å². The Morgan fingerprint density at radius 1 is 1.06 bits per heavy atom. The van der Waals surface area contributed by atoms with Crippen LogP contribution in [0.4, 0.5) is 0 Å². The fraction of sp³-hybridized carbons (Fsp3) is 0.167. The van der Waals surface area contributed by atoms with Crippen LogP contribution in [0.3, 0.4) is 0 Å². The van der Waals surface area contributed by atoms with Gasteiger partial charge >= 0.3 is 0 Å². The monoisotopic (exact) mass is 503 g/mol. The van der Waals surface area contributed by atoms with Gasteiger partial charge in [-0.15, -0.1) is 0 Å². The lowest BCUT2D eigenvalue weighted by atomic mass is 10.2. The Morgan fingerprint density at radius 2 is 1.76 bits per heavy atom. The van der Waals surface area contributed by atoms with E-state index in [2.05, 4.69) is 10.4 Å². The molecule has 0 aliphatic heterocycles. The molecule has 0 saturated heterocycles. The van der Waals surface area contributed by atoms with E-state index in [-0.39, 0.29) is 18.3 Å². The van der Waals surface area contributed by atoms with Gasteiger partial charge in [0.15, 0.2) is 11.5 Å². The number of hydrogen-bond donors (Lipinski definition) is 1.